The molecule has 6 heteroatoms. The van der Waals surface area contributed by atoms with Gasteiger partial charge < -0.3 is 15.6 Å². The fourth-order valence-electron chi connectivity index (χ4n) is 1.34. The third kappa shape index (κ3) is 4.36. The lowest BCUT2D eigenvalue weighted by atomic mass is 10.1. The predicted octanol–water partition coefficient (Wildman–Crippen LogP) is 1.16. The highest BCUT2D eigenvalue weighted by Gasteiger charge is 2.11. The van der Waals surface area contributed by atoms with Crippen molar-refractivity contribution >= 4 is 12.0 Å². The smallest absolute Gasteiger partial charge is 0.357 e. The number of nitrogens with two attached hydrogens (primary N) is 2. The maximum absolute atomic E-state index is 10.7. The maximum atomic E-state index is 10.7. The Morgan fingerprint density at radius 3 is 2.32 bits per heavy atom. The number of carboxylic acids is 1. The Morgan fingerprint density at radius 1 is 1.32 bits per heavy atom. The third-order valence-corrected chi connectivity index (χ3v) is 2.16. The molecule has 102 valence electrons. The van der Waals surface area contributed by atoms with Crippen molar-refractivity contribution in [3.05, 3.63) is 47.0 Å². The van der Waals surface area contributed by atoms with Crippen LogP contribution in [0.3, 0.4) is 0 Å². The van der Waals surface area contributed by atoms with Crippen molar-refractivity contribution in [2.45, 2.75) is 13.8 Å². The Balaban J connectivity index is 2.91. The lowest BCUT2D eigenvalue weighted by Crippen LogP contribution is -2.31. The van der Waals surface area contributed by atoms with Crippen LogP contribution < -0.4 is 21.7 Å². The third-order valence-electron chi connectivity index (χ3n) is 2.16. The molecule has 0 spiro atoms. The second-order valence-corrected chi connectivity index (χ2v) is 4.09. The van der Waals surface area contributed by atoms with Gasteiger partial charge in [-0.15, -0.1) is 0 Å². The number of benzene rings is 1. The molecule has 6 N–H and O–H groups in total. The van der Waals surface area contributed by atoms with E-state index in [9.17, 15) is 4.79 Å². The molecule has 0 aromatic heterocycles. The molecule has 0 aliphatic rings. The molecule has 0 saturated heterocycles. The van der Waals surface area contributed by atoms with E-state index in [0.29, 0.717) is 5.75 Å². The van der Waals surface area contributed by atoms with Crippen molar-refractivity contribution in [1.29, 1.82) is 0 Å². The summed E-state index contributed by atoms with van der Waals surface area (Å²) in [5.41, 5.74) is 9.14. The number of carbonyl (C=O) groups is 1. The highest BCUT2D eigenvalue weighted by molar-refractivity contribution is 5.85. The van der Waals surface area contributed by atoms with Crippen LogP contribution in [0.5, 0.6) is 5.75 Å². The van der Waals surface area contributed by atoms with Crippen LogP contribution in [0.15, 0.2) is 41.4 Å². The van der Waals surface area contributed by atoms with Gasteiger partial charge in [-0.25, -0.2) is 10.6 Å². The van der Waals surface area contributed by atoms with Gasteiger partial charge in [-0.3, -0.25) is 5.43 Å². The summed E-state index contributed by atoms with van der Waals surface area (Å²) < 4.78 is 5.26. The number of allylic oxidation sites excluding steroid dienone is 1. The van der Waals surface area contributed by atoms with E-state index in [1.54, 1.807) is 12.1 Å². The zero-order valence-electron chi connectivity index (χ0n) is 10.8. The number of ether oxygens (including phenoxy) is 1. The van der Waals surface area contributed by atoms with Crippen molar-refractivity contribution < 1.29 is 14.6 Å². The quantitative estimate of drug-likeness (QED) is 0.274. The summed E-state index contributed by atoms with van der Waals surface area (Å²) >= 11 is 0. The number of carboxylic acid groups (broad SMARTS) is 1. The number of rotatable bonds is 5. The Kier molecular flexibility index (Phi) is 4.96. The molecular weight excluding hydrogens is 246 g/mol. The minimum atomic E-state index is -1.31. The molecular formula is C13H17N3O3. The average molecular weight is 263 g/mol. The minimum absolute atomic E-state index is 0.206. The predicted molar refractivity (Wildman–Crippen MR) is 72.6 cm³/mol. The van der Waals surface area contributed by atoms with E-state index in [4.69, 9.17) is 21.4 Å². The molecule has 0 unspecified atom stereocenters. The normalized spacial score (nSPS) is 11.3. The van der Waals surface area contributed by atoms with Gasteiger partial charge in [0.1, 0.15) is 5.75 Å². The molecule has 0 heterocycles. The Hall–Kier alpha value is -2.47. The molecule has 1 rings (SSSR count). The number of nitrogens with one attached hydrogen (secondary N) is 1. The van der Waals surface area contributed by atoms with Crippen LogP contribution in [0, 0.1) is 0 Å². The van der Waals surface area contributed by atoms with Gasteiger partial charge in [-0.05, 0) is 31.5 Å². The summed E-state index contributed by atoms with van der Waals surface area (Å²) in [7, 11) is 0. The van der Waals surface area contributed by atoms with Crippen LogP contribution in [0.2, 0.25) is 0 Å². The van der Waals surface area contributed by atoms with Crippen LogP contribution >= 0.6 is 0 Å². The summed E-state index contributed by atoms with van der Waals surface area (Å²) in [5, 5.41) is 8.74. The average Bonchev–Trinajstić information content (AvgIpc) is 2.36. The standard InChI is InChI=1S/C13H17N3O3/c1-8(2)7-9-3-5-10(6-4-9)19-12(16-15)11(14)13(17)18/h3-7,16H,14-15H2,1-2H3,(H,17,18)/b12-11+. The van der Waals surface area contributed by atoms with Gasteiger partial charge in [-0.1, -0.05) is 23.8 Å². The van der Waals surface area contributed by atoms with E-state index in [1.165, 1.54) is 5.57 Å². The first-order valence-corrected chi connectivity index (χ1v) is 5.56. The molecule has 0 bridgehead atoms. The van der Waals surface area contributed by atoms with Gasteiger partial charge in [0, 0.05) is 0 Å². The molecule has 6 nitrogen and oxygen atoms in total. The number of aliphatic carboxylic acids is 1. The molecule has 19 heavy (non-hydrogen) atoms. The molecule has 0 atom stereocenters. The first kappa shape index (κ1) is 14.6. The van der Waals surface area contributed by atoms with Gasteiger partial charge in [0.15, 0.2) is 5.70 Å². The summed E-state index contributed by atoms with van der Waals surface area (Å²) in [6.07, 6.45) is 2.01. The lowest BCUT2D eigenvalue weighted by molar-refractivity contribution is -0.132. The second-order valence-electron chi connectivity index (χ2n) is 4.09. The van der Waals surface area contributed by atoms with E-state index >= 15 is 0 Å². The van der Waals surface area contributed by atoms with E-state index in [0.717, 1.165) is 5.56 Å². The van der Waals surface area contributed by atoms with Crippen molar-refractivity contribution in [2.75, 3.05) is 0 Å². The molecule has 0 fully saturated rings. The van der Waals surface area contributed by atoms with Crippen LogP contribution in [-0.4, -0.2) is 11.1 Å². The molecule has 0 amide bonds. The van der Waals surface area contributed by atoms with Crippen molar-refractivity contribution in [1.82, 2.24) is 5.43 Å². The lowest BCUT2D eigenvalue weighted by Gasteiger charge is -2.10. The molecule has 0 radical (unpaired) electrons. The van der Waals surface area contributed by atoms with Crippen LogP contribution in [0.1, 0.15) is 19.4 Å². The van der Waals surface area contributed by atoms with Gasteiger partial charge in [0.25, 0.3) is 0 Å². The first-order chi connectivity index (χ1) is 8.93. The Labute approximate surface area is 111 Å². The van der Waals surface area contributed by atoms with Crippen molar-refractivity contribution in [3.63, 3.8) is 0 Å². The zero-order chi connectivity index (χ0) is 14.4. The van der Waals surface area contributed by atoms with E-state index in [1.807, 2.05) is 32.1 Å². The van der Waals surface area contributed by atoms with Crippen LogP contribution in [-0.2, 0) is 4.79 Å². The largest absolute Gasteiger partial charge is 0.476 e. The first-order valence-electron chi connectivity index (χ1n) is 5.56. The van der Waals surface area contributed by atoms with Crippen LogP contribution in [0.25, 0.3) is 6.08 Å². The topological polar surface area (TPSA) is 111 Å². The fraction of sp³-hybridized carbons (Fsp3) is 0.154. The van der Waals surface area contributed by atoms with E-state index in [-0.39, 0.29) is 5.88 Å². The minimum Gasteiger partial charge on any atom is -0.476 e. The number of hydrogen-bond donors (Lipinski definition) is 4. The molecule has 0 aliphatic heterocycles. The second kappa shape index (κ2) is 6.46. The Morgan fingerprint density at radius 2 is 1.89 bits per heavy atom. The summed E-state index contributed by atoms with van der Waals surface area (Å²) in [5.74, 6) is 4.09. The fourth-order valence-corrected chi connectivity index (χ4v) is 1.34. The van der Waals surface area contributed by atoms with Gasteiger partial charge in [0.2, 0.25) is 5.88 Å². The summed E-state index contributed by atoms with van der Waals surface area (Å²) in [6.45, 7) is 3.99. The van der Waals surface area contributed by atoms with Crippen molar-refractivity contribution in [3.8, 4) is 5.75 Å². The maximum Gasteiger partial charge on any atom is 0.357 e. The molecule has 0 aliphatic carbocycles. The molecule has 1 aromatic carbocycles. The highest BCUT2D eigenvalue weighted by atomic mass is 16.5. The van der Waals surface area contributed by atoms with Gasteiger partial charge in [0.05, 0.1) is 0 Å². The van der Waals surface area contributed by atoms with Gasteiger partial charge in [-0.2, -0.15) is 0 Å². The van der Waals surface area contributed by atoms with Crippen molar-refractivity contribution in [2.24, 2.45) is 11.6 Å². The number of hydrazine groups is 1. The zero-order valence-corrected chi connectivity index (χ0v) is 10.8. The van der Waals surface area contributed by atoms with Crippen LogP contribution in [0.4, 0.5) is 0 Å². The molecule has 1 aromatic rings. The number of hydrogen-bond acceptors (Lipinski definition) is 5. The molecule has 0 saturated carbocycles. The highest BCUT2D eigenvalue weighted by Crippen LogP contribution is 2.16. The Bertz CT molecular complexity index is 514. The van der Waals surface area contributed by atoms with E-state index in [2.05, 4.69) is 5.43 Å². The summed E-state index contributed by atoms with van der Waals surface area (Å²) in [6, 6.07) is 7.07. The SMILES string of the molecule is CC(C)=Cc1ccc(O/C(NN)=C(/N)C(=O)O)cc1. The van der Waals surface area contributed by atoms with E-state index < -0.39 is 11.7 Å². The van der Waals surface area contributed by atoms with Gasteiger partial charge >= 0.3 is 5.97 Å². The monoisotopic (exact) mass is 263 g/mol. The summed E-state index contributed by atoms with van der Waals surface area (Å²) in [4.78, 5) is 10.7.